The number of rotatable bonds is 3. The Hall–Kier alpha value is -2.37. The van der Waals surface area contributed by atoms with Crippen LogP contribution in [0.25, 0.3) is 33.5 Å². The molecule has 0 saturated carbocycles. The molecule has 4 rings (SSSR count). The number of imidazole rings is 1. The smallest absolute Gasteiger partial charge is 0.266 e. The highest BCUT2D eigenvalue weighted by Gasteiger charge is 2.21. The van der Waals surface area contributed by atoms with E-state index in [0.717, 1.165) is 11.0 Å². The molecule has 0 aliphatic carbocycles. The molecule has 0 fully saturated rings. The summed E-state index contributed by atoms with van der Waals surface area (Å²) >= 11 is 6.53. The molecule has 1 unspecified atom stereocenters. The molecule has 0 saturated heterocycles. The molecule has 3 heterocycles. The number of nitrogens with zero attached hydrogens (tertiary/aromatic N) is 4. The minimum absolute atomic E-state index is 0.260. The summed E-state index contributed by atoms with van der Waals surface area (Å²) in [6.07, 6.45) is 1.79. The molecule has 0 spiro atoms. The number of pyridine rings is 1. The van der Waals surface area contributed by atoms with Gasteiger partial charge in [0.2, 0.25) is 0 Å². The monoisotopic (exact) mass is 375 g/mol. The number of nitrogens with one attached hydrogen (secondary N) is 1. The van der Waals surface area contributed by atoms with Crippen LogP contribution in [0.3, 0.4) is 0 Å². The Bertz CT molecular complexity index is 1180. The third kappa shape index (κ3) is 2.42. The molecule has 0 bridgehead atoms. The quantitative estimate of drug-likeness (QED) is 0.558. The van der Waals surface area contributed by atoms with Gasteiger partial charge in [-0.15, -0.1) is 0 Å². The maximum atomic E-state index is 12.8. The lowest BCUT2D eigenvalue weighted by Gasteiger charge is -2.05. The van der Waals surface area contributed by atoms with Crippen LogP contribution < -0.4 is 10.3 Å². The summed E-state index contributed by atoms with van der Waals surface area (Å²) in [5.41, 5.74) is 2.74. The Kier molecular flexibility index (Phi) is 3.78. The number of hydrogen-bond donors (Lipinski definition) is 1. The largest absolute Gasteiger partial charge is 0.497 e. The number of aromatic nitrogens is 5. The van der Waals surface area contributed by atoms with Gasteiger partial charge < -0.3 is 9.72 Å². The van der Waals surface area contributed by atoms with Crippen LogP contribution in [0.15, 0.2) is 29.2 Å². The Labute approximate surface area is 149 Å². The van der Waals surface area contributed by atoms with Gasteiger partial charge in [-0.2, -0.15) is 5.10 Å². The van der Waals surface area contributed by atoms with E-state index in [1.165, 1.54) is 4.34 Å². The van der Waals surface area contributed by atoms with Gasteiger partial charge in [-0.05, 0) is 28.4 Å². The van der Waals surface area contributed by atoms with E-state index < -0.39 is 0 Å². The first kappa shape index (κ1) is 16.1. The Balaban J connectivity index is 2.01. The van der Waals surface area contributed by atoms with Gasteiger partial charge in [-0.1, -0.05) is 11.6 Å². The Morgan fingerprint density at radius 2 is 2.20 bits per heavy atom. The number of aryl methyl sites for hydroxylation is 1. The van der Waals surface area contributed by atoms with Gasteiger partial charge in [0.15, 0.2) is 0 Å². The van der Waals surface area contributed by atoms with Crippen molar-refractivity contribution in [1.29, 1.82) is 0 Å². The first-order valence-electron chi connectivity index (χ1n) is 7.64. The molecule has 0 amide bonds. The number of fused-ring (bicyclic) bond motifs is 2. The molecule has 4 aromatic rings. The first-order valence-corrected chi connectivity index (χ1v) is 8.53. The van der Waals surface area contributed by atoms with E-state index >= 15 is 0 Å². The average Bonchev–Trinajstić information content (AvgIpc) is 3.23. The van der Waals surface area contributed by atoms with Crippen molar-refractivity contribution in [2.24, 2.45) is 0 Å². The molecule has 3 aromatic heterocycles. The number of methoxy groups -OCH3 is 1. The van der Waals surface area contributed by atoms with Gasteiger partial charge in [0, 0.05) is 18.8 Å². The first-order chi connectivity index (χ1) is 12.0. The van der Waals surface area contributed by atoms with Crippen molar-refractivity contribution in [2.45, 2.75) is 13.5 Å². The van der Waals surface area contributed by atoms with E-state index in [2.05, 4.69) is 24.5 Å². The number of hydrogen-bond acceptors (Lipinski definition) is 4. The van der Waals surface area contributed by atoms with Crippen LogP contribution in [0.2, 0.25) is 5.02 Å². The summed E-state index contributed by atoms with van der Waals surface area (Å²) in [7, 11) is 4.01. The highest BCUT2D eigenvalue weighted by atomic mass is 35.5. The average molecular weight is 376 g/mol. The van der Waals surface area contributed by atoms with Crippen molar-refractivity contribution < 1.29 is 4.74 Å². The van der Waals surface area contributed by atoms with Gasteiger partial charge in [0.05, 0.1) is 28.7 Å². The van der Waals surface area contributed by atoms with Crippen molar-refractivity contribution in [2.75, 3.05) is 7.11 Å². The van der Waals surface area contributed by atoms with Gasteiger partial charge in [0.25, 0.3) is 5.56 Å². The summed E-state index contributed by atoms with van der Waals surface area (Å²) < 4.78 is 8.42. The molecule has 1 aromatic carbocycles. The molecule has 1 atom stereocenters. The second kappa shape index (κ2) is 5.86. The maximum absolute atomic E-state index is 12.8. The van der Waals surface area contributed by atoms with E-state index in [1.54, 1.807) is 18.0 Å². The van der Waals surface area contributed by atoms with Crippen LogP contribution in [-0.2, 0) is 6.54 Å². The summed E-state index contributed by atoms with van der Waals surface area (Å²) in [5, 5.41) is 4.74. The standard InChI is InChI=1S/C16H15ClN5O2P/c1-3-21-7-11-14(20-21)13(17)12(16(23)22(11)25)15-18-9-5-4-8(24-2)6-10(9)19-15/h4-7H,3,25H2,1-2H3,(H,18,19). The zero-order valence-electron chi connectivity index (χ0n) is 13.6. The SMILES string of the molecule is CCn1cc2c(n1)c(Cl)c(-c1nc3ccc(OC)cc3[nH]1)c(=O)n2P. The van der Waals surface area contributed by atoms with Crippen LogP contribution in [-0.4, -0.2) is 31.2 Å². The minimum atomic E-state index is -0.260. The second-order valence-corrected chi connectivity index (χ2v) is 6.45. The highest BCUT2D eigenvalue weighted by molar-refractivity contribution is 7.14. The predicted octanol–water partition coefficient (Wildman–Crippen LogP) is 3.06. The van der Waals surface area contributed by atoms with Crippen molar-refractivity contribution in [3.63, 3.8) is 0 Å². The van der Waals surface area contributed by atoms with Crippen molar-refractivity contribution in [3.05, 3.63) is 39.8 Å². The van der Waals surface area contributed by atoms with Crippen LogP contribution >= 0.6 is 21.0 Å². The Morgan fingerprint density at radius 1 is 1.40 bits per heavy atom. The van der Waals surface area contributed by atoms with Crippen molar-refractivity contribution in [3.8, 4) is 17.1 Å². The zero-order valence-corrected chi connectivity index (χ0v) is 15.5. The molecule has 0 radical (unpaired) electrons. The van der Waals surface area contributed by atoms with Crippen molar-refractivity contribution in [1.82, 2.24) is 24.1 Å². The fourth-order valence-electron chi connectivity index (χ4n) is 2.79. The van der Waals surface area contributed by atoms with Crippen LogP contribution in [0.1, 0.15) is 6.92 Å². The third-order valence-electron chi connectivity index (χ3n) is 4.11. The van der Waals surface area contributed by atoms with Crippen LogP contribution in [0, 0.1) is 0 Å². The molecular formula is C16H15ClN5O2P. The molecule has 0 aliphatic rings. The molecular weight excluding hydrogens is 361 g/mol. The third-order valence-corrected chi connectivity index (χ3v) is 4.99. The van der Waals surface area contributed by atoms with E-state index in [4.69, 9.17) is 16.3 Å². The molecule has 7 nitrogen and oxygen atoms in total. The fraction of sp³-hybridized carbons (Fsp3) is 0.188. The molecule has 128 valence electrons. The summed E-state index contributed by atoms with van der Waals surface area (Å²) in [6, 6.07) is 5.46. The van der Waals surface area contributed by atoms with Gasteiger partial charge >= 0.3 is 0 Å². The van der Waals surface area contributed by atoms with E-state index in [9.17, 15) is 4.79 Å². The summed E-state index contributed by atoms with van der Waals surface area (Å²) in [4.78, 5) is 20.5. The molecule has 1 N–H and O–H groups in total. The normalized spacial score (nSPS) is 11.5. The second-order valence-electron chi connectivity index (χ2n) is 5.55. The topological polar surface area (TPSA) is 77.7 Å². The molecule has 0 aliphatic heterocycles. The predicted molar refractivity (Wildman–Crippen MR) is 101 cm³/mol. The summed E-state index contributed by atoms with van der Waals surface area (Å²) in [6.45, 7) is 2.65. The van der Waals surface area contributed by atoms with Crippen LogP contribution in [0.5, 0.6) is 5.75 Å². The molecule has 25 heavy (non-hydrogen) atoms. The number of ether oxygens (including phenoxy) is 1. The van der Waals surface area contributed by atoms with E-state index in [0.29, 0.717) is 34.7 Å². The summed E-state index contributed by atoms with van der Waals surface area (Å²) in [5.74, 6) is 1.11. The van der Waals surface area contributed by atoms with Gasteiger partial charge in [-0.25, -0.2) is 4.98 Å². The lowest BCUT2D eigenvalue weighted by molar-refractivity contribution is 0.415. The zero-order chi connectivity index (χ0) is 17.7. The fourth-order valence-corrected chi connectivity index (χ4v) is 3.41. The number of halogens is 1. The Morgan fingerprint density at radius 3 is 2.92 bits per heavy atom. The number of H-pyrrole nitrogens is 1. The maximum Gasteiger partial charge on any atom is 0.266 e. The minimum Gasteiger partial charge on any atom is -0.497 e. The van der Waals surface area contributed by atoms with Gasteiger partial charge in [0.1, 0.15) is 22.7 Å². The molecule has 9 heteroatoms. The van der Waals surface area contributed by atoms with Crippen LogP contribution in [0.4, 0.5) is 0 Å². The lowest BCUT2D eigenvalue weighted by atomic mass is 10.2. The number of benzene rings is 1. The van der Waals surface area contributed by atoms with Crippen molar-refractivity contribution >= 4 is 43.1 Å². The van der Waals surface area contributed by atoms with E-state index in [-0.39, 0.29) is 10.6 Å². The number of aromatic amines is 1. The lowest BCUT2D eigenvalue weighted by Crippen LogP contribution is -2.16. The van der Waals surface area contributed by atoms with E-state index in [1.807, 2.05) is 25.1 Å². The highest BCUT2D eigenvalue weighted by Crippen LogP contribution is 2.31. The van der Waals surface area contributed by atoms with Gasteiger partial charge in [-0.3, -0.25) is 13.8 Å².